The van der Waals surface area contributed by atoms with Gasteiger partial charge in [0.15, 0.2) is 6.04 Å². The molecule has 1 aromatic carbocycles. The van der Waals surface area contributed by atoms with Gasteiger partial charge in [-0.3, -0.25) is 20.2 Å². The molecule has 4 amide bonds. The van der Waals surface area contributed by atoms with Crippen LogP contribution in [0.5, 0.6) is 0 Å². The Kier molecular flexibility index (Phi) is 3.10. The first-order valence-corrected chi connectivity index (χ1v) is 5.53. The van der Waals surface area contributed by atoms with Crippen LogP contribution in [-0.4, -0.2) is 23.9 Å². The number of nitrogens with one attached hydrogen (secondary N) is 3. The lowest BCUT2D eigenvalue weighted by Gasteiger charge is -2.22. The minimum Gasteiger partial charge on any atom is -0.366 e. The molecule has 0 unspecified atom stereocenters. The Bertz CT molecular complexity index is 466. The number of anilines is 1. The standard InChI is InChI=1S/C10H8BrN3O3/c11-5-1-3-6(4-2-5)12-7-8(15)13-10(17)14-9(7)16/h1-4,7,12H,(H2,13,14,15,16,17). The van der Waals surface area contributed by atoms with Crippen LogP contribution in [-0.2, 0) is 9.59 Å². The van der Waals surface area contributed by atoms with E-state index in [2.05, 4.69) is 21.2 Å². The van der Waals surface area contributed by atoms with Crippen molar-refractivity contribution < 1.29 is 14.4 Å². The zero-order valence-corrected chi connectivity index (χ0v) is 10.1. The predicted octanol–water partition coefficient (Wildman–Crippen LogP) is 0.596. The first-order valence-electron chi connectivity index (χ1n) is 4.74. The second kappa shape index (κ2) is 4.54. The highest BCUT2D eigenvalue weighted by Crippen LogP contribution is 2.15. The van der Waals surface area contributed by atoms with Crippen LogP contribution in [0.25, 0.3) is 0 Å². The topological polar surface area (TPSA) is 87.3 Å². The van der Waals surface area contributed by atoms with Crippen molar-refractivity contribution in [1.29, 1.82) is 0 Å². The van der Waals surface area contributed by atoms with Crippen LogP contribution in [0.1, 0.15) is 0 Å². The molecular formula is C10H8BrN3O3. The Morgan fingerprint density at radius 3 is 2.06 bits per heavy atom. The molecule has 1 aromatic rings. The summed E-state index contributed by atoms with van der Waals surface area (Å²) >= 11 is 3.27. The van der Waals surface area contributed by atoms with Gasteiger partial charge >= 0.3 is 6.03 Å². The van der Waals surface area contributed by atoms with Crippen molar-refractivity contribution in [3.05, 3.63) is 28.7 Å². The number of rotatable bonds is 2. The third kappa shape index (κ3) is 2.62. The number of benzene rings is 1. The Balaban J connectivity index is 2.12. The fraction of sp³-hybridized carbons (Fsp3) is 0.100. The Labute approximate surface area is 105 Å². The lowest BCUT2D eigenvalue weighted by atomic mass is 10.2. The van der Waals surface area contributed by atoms with Gasteiger partial charge in [0.25, 0.3) is 11.8 Å². The highest BCUT2D eigenvalue weighted by atomic mass is 79.9. The van der Waals surface area contributed by atoms with Gasteiger partial charge in [0, 0.05) is 10.2 Å². The maximum atomic E-state index is 11.4. The van der Waals surface area contributed by atoms with Crippen LogP contribution in [0.2, 0.25) is 0 Å². The molecule has 0 radical (unpaired) electrons. The third-order valence-electron chi connectivity index (χ3n) is 2.15. The van der Waals surface area contributed by atoms with E-state index in [0.717, 1.165) is 4.47 Å². The van der Waals surface area contributed by atoms with E-state index in [1.807, 2.05) is 10.6 Å². The molecule has 6 nitrogen and oxygen atoms in total. The van der Waals surface area contributed by atoms with Crippen molar-refractivity contribution >= 4 is 39.5 Å². The minimum absolute atomic E-state index is 0.609. The summed E-state index contributed by atoms with van der Waals surface area (Å²) in [5.41, 5.74) is 0.609. The van der Waals surface area contributed by atoms with Gasteiger partial charge in [0.05, 0.1) is 0 Å². The first-order chi connectivity index (χ1) is 8.06. The van der Waals surface area contributed by atoms with Gasteiger partial charge in [-0.25, -0.2) is 4.79 Å². The molecule has 0 aromatic heterocycles. The van der Waals surface area contributed by atoms with Crippen LogP contribution >= 0.6 is 15.9 Å². The summed E-state index contributed by atoms with van der Waals surface area (Å²) in [6.07, 6.45) is 0. The smallest absolute Gasteiger partial charge is 0.328 e. The van der Waals surface area contributed by atoms with E-state index in [1.54, 1.807) is 24.3 Å². The van der Waals surface area contributed by atoms with Crippen molar-refractivity contribution in [1.82, 2.24) is 10.6 Å². The molecule has 1 heterocycles. The fourth-order valence-electron chi connectivity index (χ4n) is 1.36. The summed E-state index contributed by atoms with van der Waals surface area (Å²) < 4.78 is 0.885. The van der Waals surface area contributed by atoms with Crippen LogP contribution in [0, 0.1) is 0 Å². The molecule has 2 rings (SSSR count). The summed E-state index contributed by atoms with van der Waals surface area (Å²) in [6.45, 7) is 0. The van der Waals surface area contributed by atoms with Crippen LogP contribution in [0.3, 0.4) is 0 Å². The van der Waals surface area contributed by atoms with Crippen molar-refractivity contribution in [3.8, 4) is 0 Å². The third-order valence-corrected chi connectivity index (χ3v) is 2.68. The molecule has 0 atom stereocenters. The molecule has 17 heavy (non-hydrogen) atoms. The Hall–Kier alpha value is -1.89. The molecule has 1 saturated heterocycles. The van der Waals surface area contributed by atoms with Gasteiger partial charge in [-0.05, 0) is 24.3 Å². The van der Waals surface area contributed by atoms with E-state index in [9.17, 15) is 14.4 Å². The fourth-order valence-corrected chi connectivity index (χ4v) is 1.63. The van der Waals surface area contributed by atoms with E-state index in [0.29, 0.717) is 5.69 Å². The molecule has 1 fully saturated rings. The number of halogens is 1. The monoisotopic (exact) mass is 297 g/mol. The molecule has 0 bridgehead atoms. The SMILES string of the molecule is O=C1NC(=O)C(Nc2ccc(Br)cc2)C(=O)N1. The number of hydrogen-bond donors (Lipinski definition) is 3. The van der Waals surface area contributed by atoms with E-state index in [-0.39, 0.29) is 0 Å². The highest BCUT2D eigenvalue weighted by Gasteiger charge is 2.33. The van der Waals surface area contributed by atoms with Crippen LogP contribution in [0.15, 0.2) is 28.7 Å². The first kappa shape index (κ1) is 11.6. The number of imide groups is 2. The number of carbonyl (C=O) groups is 3. The summed E-state index contributed by atoms with van der Waals surface area (Å²) in [5, 5.41) is 6.75. The Morgan fingerprint density at radius 1 is 1.00 bits per heavy atom. The molecular weight excluding hydrogens is 290 g/mol. The lowest BCUT2D eigenvalue weighted by Crippen LogP contribution is -2.61. The van der Waals surface area contributed by atoms with Gasteiger partial charge in [0.2, 0.25) is 0 Å². The van der Waals surface area contributed by atoms with Crippen molar-refractivity contribution in [2.75, 3.05) is 5.32 Å². The second-order valence-corrected chi connectivity index (χ2v) is 4.31. The van der Waals surface area contributed by atoms with Gasteiger partial charge in [-0.1, -0.05) is 15.9 Å². The van der Waals surface area contributed by atoms with E-state index < -0.39 is 23.9 Å². The largest absolute Gasteiger partial charge is 0.366 e. The van der Waals surface area contributed by atoms with Crippen molar-refractivity contribution in [2.24, 2.45) is 0 Å². The quantitative estimate of drug-likeness (QED) is 0.698. The van der Waals surface area contributed by atoms with Gasteiger partial charge in [-0.2, -0.15) is 0 Å². The van der Waals surface area contributed by atoms with Crippen molar-refractivity contribution in [2.45, 2.75) is 6.04 Å². The predicted molar refractivity (Wildman–Crippen MR) is 63.2 cm³/mol. The summed E-state index contributed by atoms with van der Waals surface area (Å²) in [6, 6.07) is 5.06. The normalized spacial score (nSPS) is 16.4. The van der Waals surface area contributed by atoms with E-state index in [4.69, 9.17) is 0 Å². The van der Waals surface area contributed by atoms with Crippen molar-refractivity contribution in [3.63, 3.8) is 0 Å². The van der Waals surface area contributed by atoms with E-state index in [1.165, 1.54) is 0 Å². The maximum absolute atomic E-state index is 11.4. The Morgan fingerprint density at radius 2 is 1.53 bits per heavy atom. The number of barbiturate groups is 1. The van der Waals surface area contributed by atoms with Gasteiger partial charge < -0.3 is 5.32 Å². The molecule has 0 aliphatic carbocycles. The molecule has 88 valence electrons. The highest BCUT2D eigenvalue weighted by molar-refractivity contribution is 9.10. The molecule has 1 aliphatic heterocycles. The minimum atomic E-state index is -1.10. The zero-order chi connectivity index (χ0) is 12.4. The van der Waals surface area contributed by atoms with E-state index >= 15 is 0 Å². The number of amides is 4. The zero-order valence-electron chi connectivity index (χ0n) is 8.49. The summed E-state index contributed by atoms with van der Waals surface area (Å²) in [4.78, 5) is 33.7. The molecule has 3 N–H and O–H groups in total. The molecule has 0 spiro atoms. The van der Waals surface area contributed by atoms with Gasteiger partial charge in [-0.15, -0.1) is 0 Å². The van der Waals surface area contributed by atoms with Crippen LogP contribution in [0.4, 0.5) is 10.5 Å². The maximum Gasteiger partial charge on any atom is 0.328 e. The molecule has 0 saturated carbocycles. The second-order valence-electron chi connectivity index (χ2n) is 3.39. The number of carbonyl (C=O) groups excluding carboxylic acids is 3. The lowest BCUT2D eigenvalue weighted by molar-refractivity contribution is -0.130. The average Bonchev–Trinajstić information content (AvgIpc) is 2.26. The average molecular weight is 298 g/mol. The molecule has 7 heteroatoms. The van der Waals surface area contributed by atoms with Gasteiger partial charge in [0.1, 0.15) is 0 Å². The summed E-state index contributed by atoms with van der Waals surface area (Å²) in [7, 11) is 0. The van der Waals surface area contributed by atoms with Crippen LogP contribution < -0.4 is 16.0 Å². The summed E-state index contributed by atoms with van der Waals surface area (Å²) in [5.74, 6) is -1.33. The number of hydrogen-bond acceptors (Lipinski definition) is 4. The molecule has 1 aliphatic rings. The number of urea groups is 1.